The number of aliphatic hydroxyl groups excluding tert-OH is 1. The molecule has 0 saturated carbocycles. The molecule has 3 N–H and O–H groups in total. The lowest BCUT2D eigenvalue weighted by atomic mass is 9.95. The molecule has 2 atom stereocenters. The summed E-state index contributed by atoms with van der Waals surface area (Å²) in [6.07, 6.45) is 0.199. The first kappa shape index (κ1) is 13.0. The second-order valence-electron chi connectivity index (χ2n) is 4.50. The summed E-state index contributed by atoms with van der Waals surface area (Å²) in [6.45, 7) is 4.14. The fourth-order valence-electron chi connectivity index (χ4n) is 1.70. The molecular formula is C13H21NO2. The molecule has 1 aromatic carbocycles. The van der Waals surface area contributed by atoms with Crippen LogP contribution in [0.4, 0.5) is 0 Å². The van der Waals surface area contributed by atoms with E-state index in [1.807, 2.05) is 24.3 Å². The van der Waals surface area contributed by atoms with Gasteiger partial charge >= 0.3 is 0 Å². The lowest BCUT2D eigenvalue weighted by Crippen LogP contribution is -2.27. The van der Waals surface area contributed by atoms with Gasteiger partial charge in [0.25, 0.3) is 0 Å². The normalized spacial score (nSPS) is 14.9. The van der Waals surface area contributed by atoms with Crippen LogP contribution in [0.15, 0.2) is 24.3 Å². The summed E-state index contributed by atoms with van der Waals surface area (Å²) < 4.78 is 5.13. The molecule has 0 fully saturated rings. The molecule has 0 aromatic heterocycles. The maximum absolute atomic E-state index is 9.94. The van der Waals surface area contributed by atoms with E-state index in [9.17, 15) is 5.11 Å². The largest absolute Gasteiger partial charge is 0.497 e. The maximum atomic E-state index is 9.94. The summed E-state index contributed by atoms with van der Waals surface area (Å²) in [5.74, 6) is 1.20. The molecule has 1 rings (SSSR count). The van der Waals surface area contributed by atoms with Crippen molar-refractivity contribution in [3.05, 3.63) is 29.8 Å². The van der Waals surface area contributed by atoms with E-state index in [1.54, 1.807) is 7.11 Å². The molecule has 0 aliphatic heterocycles. The number of nitrogens with two attached hydrogens (primary N) is 1. The molecule has 0 heterocycles. The van der Waals surface area contributed by atoms with Gasteiger partial charge < -0.3 is 15.6 Å². The quantitative estimate of drug-likeness (QED) is 0.803. The Morgan fingerprint density at radius 3 is 2.62 bits per heavy atom. The number of benzene rings is 1. The topological polar surface area (TPSA) is 55.5 Å². The van der Waals surface area contributed by atoms with Gasteiger partial charge in [-0.25, -0.2) is 0 Å². The number of aliphatic hydroxyl groups is 1. The zero-order valence-electron chi connectivity index (χ0n) is 10.2. The Balaban J connectivity index is 2.74. The number of methoxy groups -OCH3 is 1. The monoisotopic (exact) mass is 223 g/mol. The number of ether oxygens (including phenoxy) is 1. The molecule has 3 nitrogen and oxygen atoms in total. The van der Waals surface area contributed by atoms with Crippen LogP contribution in [0.5, 0.6) is 5.75 Å². The van der Waals surface area contributed by atoms with Gasteiger partial charge in [-0.1, -0.05) is 26.0 Å². The van der Waals surface area contributed by atoms with Crippen LogP contribution in [0.25, 0.3) is 0 Å². The van der Waals surface area contributed by atoms with E-state index in [1.165, 1.54) is 0 Å². The molecule has 0 aliphatic carbocycles. The first-order valence-corrected chi connectivity index (χ1v) is 5.62. The highest BCUT2D eigenvalue weighted by Gasteiger charge is 2.18. The van der Waals surface area contributed by atoms with E-state index in [2.05, 4.69) is 13.8 Å². The number of rotatable bonds is 5. The van der Waals surface area contributed by atoms with Crippen LogP contribution < -0.4 is 10.5 Å². The van der Waals surface area contributed by atoms with Gasteiger partial charge in [0.05, 0.1) is 19.3 Å². The zero-order valence-corrected chi connectivity index (χ0v) is 10.2. The molecule has 0 bridgehead atoms. The summed E-state index contributed by atoms with van der Waals surface area (Å²) in [5, 5.41) is 9.94. The smallest absolute Gasteiger partial charge is 0.119 e. The standard InChI is InChI=1S/C13H21NO2/c1-9(2)7-12(15)13(14)10-5-4-6-11(8-10)16-3/h4-6,8-9,12-13,15H,7,14H2,1-3H3/t12-,13+/m0/s1. The fraction of sp³-hybridized carbons (Fsp3) is 0.538. The van der Waals surface area contributed by atoms with Crippen molar-refractivity contribution in [2.24, 2.45) is 11.7 Å². The third kappa shape index (κ3) is 3.51. The van der Waals surface area contributed by atoms with Crippen molar-refractivity contribution in [1.82, 2.24) is 0 Å². The van der Waals surface area contributed by atoms with Crippen molar-refractivity contribution in [2.75, 3.05) is 7.11 Å². The van der Waals surface area contributed by atoms with Crippen LogP contribution in [-0.4, -0.2) is 18.3 Å². The van der Waals surface area contributed by atoms with Crippen molar-refractivity contribution in [1.29, 1.82) is 0 Å². The van der Waals surface area contributed by atoms with Gasteiger partial charge in [-0.2, -0.15) is 0 Å². The van der Waals surface area contributed by atoms with Crippen molar-refractivity contribution in [3.63, 3.8) is 0 Å². The predicted octanol–water partition coefficient (Wildman–Crippen LogP) is 2.10. The fourth-order valence-corrected chi connectivity index (χ4v) is 1.70. The van der Waals surface area contributed by atoms with Gasteiger partial charge in [-0.15, -0.1) is 0 Å². The minimum atomic E-state index is -0.507. The van der Waals surface area contributed by atoms with Gasteiger partial charge in [-0.05, 0) is 30.0 Å². The summed E-state index contributed by atoms with van der Waals surface area (Å²) in [4.78, 5) is 0. The molecule has 3 heteroatoms. The van der Waals surface area contributed by atoms with Crippen LogP contribution >= 0.6 is 0 Å². The van der Waals surface area contributed by atoms with Crippen molar-refractivity contribution in [2.45, 2.75) is 32.4 Å². The maximum Gasteiger partial charge on any atom is 0.119 e. The molecule has 90 valence electrons. The van der Waals surface area contributed by atoms with Crippen molar-refractivity contribution >= 4 is 0 Å². The Kier molecular flexibility index (Phi) is 4.77. The van der Waals surface area contributed by atoms with E-state index >= 15 is 0 Å². The summed E-state index contributed by atoms with van der Waals surface area (Å²) in [6, 6.07) is 7.18. The summed E-state index contributed by atoms with van der Waals surface area (Å²) >= 11 is 0. The van der Waals surface area contributed by atoms with E-state index < -0.39 is 6.10 Å². The van der Waals surface area contributed by atoms with Gasteiger partial charge in [0.2, 0.25) is 0 Å². The van der Waals surface area contributed by atoms with Crippen LogP contribution in [-0.2, 0) is 0 Å². The average molecular weight is 223 g/mol. The average Bonchev–Trinajstić information content (AvgIpc) is 2.27. The molecular weight excluding hydrogens is 202 g/mol. The van der Waals surface area contributed by atoms with Crippen LogP contribution in [0.2, 0.25) is 0 Å². The third-order valence-corrected chi connectivity index (χ3v) is 2.61. The molecule has 16 heavy (non-hydrogen) atoms. The molecule has 0 radical (unpaired) electrons. The lowest BCUT2D eigenvalue weighted by molar-refractivity contribution is 0.121. The Morgan fingerprint density at radius 1 is 1.38 bits per heavy atom. The first-order chi connectivity index (χ1) is 7.54. The molecule has 0 saturated heterocycles. The van der Waals surface area contributed by atoms with Gasteiger partial charge in [-0.3, -0.25) is 0 Å². The third-order valence-electron chi connectivity index (χ3n) is 2.61. The minimum absolute atomic E-state index is 0.350. The molecule has 0 aliphatic rings. The Morgan fingerprint density at radius 2 is 2.06 bits per heavy atom. The molecule has 0 unspecified atom stereocenters. The van der Waals surface area contributed by atoms with Crippen molar-refractivity contribution < 1.29 is 9.84 Å². The summed E-state index contributed by atoms with van der Waals surface area (Å²) in [7, 11) is 1.62. The van der Waals surface area contributed by atoms with Crippen molar-refractivity contribution in [3.8, 4) is 5.75 Å². The van der Waals surface area contributed by atoms with Gasteiger partial charge in [0.15, 0.2) is 0 Å². The van der Waals surface area contributed by atoms with E-state index in [0.717, 1.165) is 11.3 Å². The number of hydrogen-bond donors (Lipinski definition) is 2. The minimum Gasteiger partial charge on any atom is -0.497 e. The van der Waals surface area contributed by atoms with E-state index in [-0.39, 0.29) is 6.04 Å². The molecule has 0 amide bonds. The molecule has 1 aromatic rings. The summed E-state index contributed by atoms with van der Waals surface area (Å²) in [5.41, 5.74) is 6.91. The van der Waals surface area contributed by atoms with Gasteiger partial charge in [0, 0.05) is 0 Å². The second-order valence-corrected chi connectivity index (χ2v) is 4.50. The highest BCUT2D eigenvalue weighted by molar-refractivity contribution is 5.30. The SMILES string of the molecule is COc1cccc([C@@H](N)[C@@H](O)CC(C)C)c1. The van der Waals surface area contributed by atoms with E-state index in [4.69, 9.17) is 10.5 Å². The number of hydrogen-bond acceptors (Lipinski definition) is 3. The van der Waals surface area contributed by atoms with Crippen LogP contribution in [0, 0.1) is 5.92 Å². The Labute approximate surface area is 97.2 Å². The van der Waals surface area contributed by atoms with E-state index in [0.29, 0.717) is 12.3 Å². The Hall–Kier alpha value is -1.06. The van der Waals surface area contributed by atoms with Crippen LogP contribution in [0.1, 0.15) is 31.9 Å². The van der Waals surface area contributed by atoms with Crippen LogP contribution in [0.3, 0.4) is 0 Å². The highest BCUT2D eigenvalue weighted by atomic mass is 16.5. The molecule has 0 spiro atoms. The Bertz CT molecular complexity index is 325. The second kappa shape index (κ2) is 5.87. The zero-order chi connectivity index (χ0) is 12.1. The highest BCUT2D eigenvalue weighted by Crippen LogP contribution is 2.22. The van der Waals surface area contributed by atoms with Gasteiger partial charge in [0.1, 0.15) is 5.75 Å². The lowest BCUT2D eigenvalue weighted by Gasteiger charge is -2.21. The predicted molar refractivity (Wildman–Crippen MR) is 65.4 cm³/mol. The first-order valence-electron chi connectivity index (χ1n) is 5.62.